The van der Waals surface area contributed by atoms with E-state index in [1.165, 1.54) is 7.11 Å². The van der Waals surface area contributed by atoms with E-state index in [9.17, 15) is 9.59 Å². The monoisotopic (exact) mass is 477 g/mol. The molecule has 1 saturated carbocycles. The van der Waals surface area contributed by atoms with Gasteiger partial charge in [-0.3, -0.25) is 9.59 Å². The largest absolute Gasteiger partial charge is 0.469 e. The highest BCUT2D eigenvalue weighted by molar-refractivity contribution is 8.07. The summed E-state index contributed by atoms with van der Waals surface area (Å²) in [4.78, 5) is 24.9. The Morgan fingerprint density at radius 2 is 2.06 bits per heavy atom. The van der Waals surface area contributed by atoms with Crippen molar-refractivity contribution in [2.24, 2.45) is 11.8 Å². The minimum Gasteiger partial charge on any atom is -0.469 e. The van der Waals surface area contributed by atoms with E-state index in [0.29, 0.717) is 28.8 Å². The van der Waals surface area contributed by atoms with Crippen LogP contribution in [-0.2, 0) is 9.53 Å². The van der Waals surface area contributed by atoms with Crippen LogP contribution in [0, 0.1) is 11.8 Å². The maximum atomic E-state index is 13.3. The molecule has 6 nitrogen and oxygen atoms in total. The van der Waals surface area contributed by atoms with Crippen molar-refractivity contribution >= 4 is 46.1 Å². The molecule has 1 aromatic heterocycles. The number of benzene rings is 1. The fraction of sp³-hybridized carbons (Fsp3) is 0.625. The molecule has 8 heteroatoms. The Balaban J connectivity index is 1.51. The Bertz CT molecular complexity index is 1020. The van der Waals surface area contributed by atoms with Crippen molar-refractivity contribution < 1.29 is 14.3 Å². The highest BCUT2D eigenvalue weighted by atomic mass is 35.5. The lowest BCUT2D eigenvalue weighted by atomic mass is 9.84. The molecular formula is C24H32ClN3O3S. The van der Waals surface area contributed by atoms with E-state index in [-0.39, 0.29) is 28.0 Å². The summed E-state index contributed by atoms with van der Waals surface area (Å²) in [5.74, 6) is 0.627. The number of aromatic nitrogens is 2. The number of halogens is 1. The molecule has 3 atom stereocenters. The van der Waals surface area contributed by atoms with Crippen LogP contribution in [0.2, 0.25) is 5.02 Å². The van der Waals surface area contributed by atoms with Crippen LogP contribution in [0.4, 0.5) is 0 Å². The van der Waals surface area contributed by atoms with Gasteiger partial charge in [0.15, 0.2) is 0 Å². The molecule has 0 radical (unpaired) electrons. The number of hydrogen-bond acceptors (Lipinski definition) is 5. The first kappa shape index (κ1) is 23.4. The zero-order chi connectivity index (χ0) is 23.0. The molecule has 4 rings (SSSR count). The second-order valence-corrected chi connectivity index (χ2v) is 11.4. The van der Waals surface area contributed by atoms with Gasteiger partial charge in [0.1, 0.15) is 5.37 Å². The van der Waals surface area contributed by atoms with Gasteiger partial charge in [-0.15, -0.1) is 11.8 Å². The highest BCUT2D eigenvalue weighted by Gasteiger charge is 2.56. The molecule has 2 heterocycles. The van der Waals surface area contributed by atoms with E-state index >= 15 is 0 Å². The molecule has 0 bridgehead atoms. The molecule has 32 heavy (non-hydrogen) atoms. The number of esters is 1. The van der Waals surface area contributed by atoms with Crippen LogP contribution in [0.15, 0.2) is 18.3 Å². The summed E-state index contributed by atoms with van der Waals surface area (Å²) in [7, 11) is 1.43. The van der Waals surface area contributed by atoms with Crippen LogP contribution in [-0.4, -0.2) is 39.6 Å². The lowest BCUT2D eigenvalue weighted by molar-refractivity contribution is -0.142. The number of carbonyl (C=O) groups excluding carboxylic acids is 2. The zero-order valence-electron chi connectivity index (χ0n) is 19.2. The number of rotatable bonds is 7. The maximum Gasteiger partial charge on any atom is 0.305 e. The molecule has 1 amide bonds. The predicted molar refractivity (Wildman–Crippen MR) is 129 cm³/mol. The fourth-order valence-corrected chi connectivity index (χ4v) is 6.50. The van der Waals surface area contributed by atoms with Crippen molar-refractivity contribution in [2.75, 3.05) is 7.11 Å². The van der Waals surface area contributed by atoms with Gasteiger partial charge in [-0.05, 0) is 56.6 Å². The summed E-state index contributed by atoms with van der Waals surface area (Å²) in [5.41, 5.74) is 1.44. The number of fused-ring (bicyclic) bond motifs is 1. The average molecular weight is 478 g/mol. The number of thioether (sulfide) groups is 1. The van der Waals surface area contributed by atoms with Crippen molar-refractivity contribution in [1.82, 2.24) is 15.1 Å². The zero-order valence-corrected chi connectivity index (χ0v) is 20.8. The quantitative estimate of drug-likeness (QED) is 0.415. The number of amides is 1. The van der Waals surface area contributed by atoms with Gasteiger partial charge >= 0.3 is 5.97 Å². The number of nitrogens with zero attached hydrogens (tertiary/aromatic N) is 2. The molecule has 1 aliphatic carbocycles. The van der Waals surface area contributed by atoms with Gasteiger partial charge in [0.05, 0.1) is 24.4 Å². The third kappa shape index (κ3) is 4.51. The van der Waals surface area contributed by atoms with Gasteiger partial charge in [-0.2, -0.15) is 5.10 Å². The van der Waals surface area contributed by atoms with Crippen molar-refractivity contribution in [2.45, 2.75) is 75.5 Å². The number of carbonyl (C=O) groups is 2. The first-order valence-electron chi connectivity index (χ1n) is 11.5. The summed E-state index contributed by atoms with van der Waals surface area (Å²) in [5, 5.41) is 9.52. The molecule has 0 spiro atoms. The van der Waals surface area contributed by atoms with E-state index in [2.05, 4.69) is 31.2 Å². The van der Waals surface area contributed by atoms with Gasteiger partial charge in [0, 0.05) is 27.6 Å². The van der Waals surface area contributed by atoms with Crippen molar-refractivity contribution in [3.05, 3.63) is 28.9 Å². The van der Waals surface area contributed by atoms with Crippen molar-refractivity contribution in [3.8, 4) is 0 Å². The summed E-state index contributed by atoms with van der Waals surface area (Å²) in [6.45, 7) is 6.78. The molecule has 1 aliphatic heterocycles. The average Bonchev–Trinajstić information content (AvgIpc) is 3.30. The topological polar surface area (TPSA) is 73.2 Å². The standard InChI is InChI=1S/C24H32ClN3O3S/c1-5-14(2)24(3)23(32-24)28-21-16(13-26-28)11-17(25)12-19(21)22(30)27-18-8-6-15(7-9-18)10-20(29)31-4/h11-15,18,23H,5-10H2,1-4H3,(H,27,30)/t14-,15?,18?,23?,24-/m0/s1. The summed E-state index contributed by atoms with van der Waals surface area (Å²) in [6.07, 6.45) is 6.92. The smallest absolute Gasteiger partial charge is 0.305 e. The third-order valence-corrected chi connectivity index (χ3v) is 9.39. The number of ether oxygens (including phenoxy) is 1. The molecule has 2 aliphatic rings. The fourth-order valence-electron chi connectivity index (χ4n) is 4.86. The lowest BCUT2D eigenvalue weighted by Crippen LogP contribution is -2.38. The Hall–Kier alpha value is -1.73. The summed E-state index contributed by atoms with van der Waals surface area (Å²) >= 11 is 8.27. The SMILES string of the molecule is CC[C@H](C)[C@]1(C)SC1n1ncc2cc(Cl)cc(C(=O)NC3CCC(CC(=O)OC)CC3)c21. The van der Waals surface area contributed by atoms with Gasteiger partial charge in [0.25, 0.3) is 5.91 Å². The predicted octanol–water partition coefficient (Wildman–Crippen LogP) is 5.59. The number of hydrogen-bond donors (Lipinski definition) is 1. The number of nitrogens with one attached hydrogen (secondary N) is 1. The third-order valence-electron chi connectivity index (χ3n) is 7.38. The van der Waals surface area contributed by atoms with E-state index in [1.54, 1.807) is 6.07 Å². The van der Waals surface area contributed by atoms with Crippen LogP contribution < -0.4 is 5.32 Å². The normalized spacial score (nSPS) is 28.3. The molecule has 174 valence electrons. The van der Waals surface area contributed by atoms with E-state index in [1.807, 2.05) is 28.7 Å². The van der Waals surface area contributed by atoms with Crippen LogP contribution in [0.25, 0.3) is 10.9 Å². The van der Waals surface area contributed by atoms with Crippen LogP contribution in [0.5, 0.6) is 0 Å². The molecular weight excluding hydrogens is 446 g/mol. The van der Waals surface area contributed by atoms with Crippen LogP contribution in [0.3, 0.4) is 0 Å². The van der Waals surface area contributed by atoms with Gasteiger partial charge in [0.2, 0.25) is 0 Å². The van der Waals surface area contributed by atoms with Crippen LogP contribution in [0.1, 0.15) is 75.0 Å². The van der Waals surface area contributed by atoms with E-state index < -0.39 is 0 Å². The molecule has 1 aromatic carbocycles. The van der Waals surface area contributed by atoms with Gasteiger partial charge in [-0.25, -0.2) is 4.68 Å². The van der Waals surface area contributed by atoms with Crippen molar-refractivity contribution in [3.63, 3.8) is 0 Å². The van der Waals surface area contributed by atoms with Gasteiger partial charge in [-0.1, -0.05) is 31.9 Å². The summed E-state index contributed by atoms with van der Waals surface area (Å²) in [6, 6.07) is 3.74. The molecule has 2 aromatic rings. The second kappa shape index (κ2) is 9.26. The molecule has 1 unspecified atom stereocenters. The van der Waals surface area contributed by atoms with E-state index in [4.69, 9.17) is 16.3 Å². The van der Waals surface area contributed by atoms with Crippen molar-refractivity contribution in [1.29, 1.82) is 0 Å². The highest BCUT2D eigenvalue weighted by Crippen LogP contribution is 2.66. The summed E-state index contributed by atoms with van der Waals surface area (Å²) < 4.78 is 6.93. The Kier molecular flexibility index (Phi) is 6.78. The first-order chi connectivity index (χ1) is 15.3. The number of methoxy groups -OCH3 is 1. The Morgan fingerprint density at radius 1 is 1.34 bits per heavy atom. The minimum atomic E-state index is -0.158. The molecule has 1 N–H and O–H groups in total. The molecule has 1 saturated heterocycles. The van der Waals surface area contributed by atoms with Gasteiger partial charge < -0.3 is 10.1 Å². The lowest BCUT2D eigenvalue weighted by Gasteiger charge is -2.28. The van der Waals surface area contributed by atoms with E-state index in [0.717, 1.165) is 43.0 Å². The molecule has 2 fully saturated rings. The first-order valence-corrected chi connectivity index (χ1v) is 12.7. The Morgan fingerprint density at radius 3 is 2.72 bits per heavy atom. The minimum absolute atomic E-state index is 0.0995. The second-order valence-electron chi connectivity index (χ2n) is 9.42. The maximum absolute atomic E-state index is 13.3. The Labute approximate surface area is 198 Å². The van der Waals surface area contributed by atoms with Crippen LogP contribution >= 0.6 is 23.4 Å².